The van der Waals surface area contributed by atoms with Crippen molar-refractivity contribution in [2.24, 2.45) is 7.05 Å². The molecule has 4 nitrogen and oxygen atoms in total. The molecular formula is C17H20N2O2. The van der Waals surface area contributed by atoms with E-state index < -0.39 is 0 Å². The maximum absolute atomic E-state index is 11.5. The summed E-state index contributed by atoms with van der Waals surface area (Å²) in [4.78, 5) is 16.0. The molecule has 0 spiro atoms. The molecule has 0 amide bonds. The maximum Gasteiger partial charge on any atom is 0.333 e. The Labute approximate surface area is 125 Å². The Kier molecular flexibility index (Phi) is 4.58. The lowest BCUT2D eigenvalue weighted by Gasteiger charge is -2.03. The van der Waals surface area contributed by atoms with Crippen LogP contribution in [0.4, 0.5) is 0 Å². The number of hydrogen-bond acceptors (Lipinski definition) is 3. The minimum absolute atomic E-state index is 0.181. The van der Waals surface area contributed by atoms with E-state index in [1.165, 1.54) is 5.56 Å². The van der Waals surface area contributed by atoms with E-state index in [1.54, 1.807) is 6.92 Å². The van der Waals surface area contributed by atoms with E-state index in [4.69, 9.17) is 4.74 Å². The number of hydrogen-bond donors (Lipinski definition) is 0. The number of nitrogens with zero attached hydrogens (tertiary/aromatic N) is 2. The summed E-state index contributed by atoms with van der Waals surface area (Å²) in [5, 5.41) is 0. The highest BCUT2D eigenvalue weighted by Crippen LogP contribution is 2.14. The van der Waals surface area contributed by atoms with Gasteiger partial charge in [-0.2, -0.15) is 0 Å². The lowest BCUT2D eigenvalue weighted by molar-refractivity contribution is -0.140. The fraction of sp³-hybridized carbons (Fsp3) is 0.294. The SMILES string of the molecule is C=C(C)C(=O)OCc1nc(Cc2ccccc2)n(C)c1C. The van der Waals surface area contributed by atoms with Crippen LogP contribution in [0, 0.1) is 6.92 Å². The first-order chi connectivity index (χ1) is 9.99. The van der Waals surface area contributed by atoms with Crippen molar-refractivity contribution in [1.29, 1.82) is 0 Å². The normalized spacial score (nSPS) is 10.4. The molecule has 110 valence electrons. The highest BCUT2D eigenvalue weighted by Gasteiger charge is 2.13. The summed E-state index contributed by atoms with van der Waals surface area (Å²) in [6.45, 7) is 7.36. The van der Waals surface area contributed by atoms with Crippen LogP contribution >= 0.6 is 0 Å². The van der Waals surface area contributed by atoms with E-state index in [2.05, 4.69) is 23.7 Å². The summed E-state index contributed by atoms with van der Waals surface area (Å²) >= 11 is 0. The topological polar surface area (TPSA) is 44.1 Å². The van der Waals surface area contributed by atoms with Crippen LogP contribution in [-0.4, -0.2) is 15.5 Å². The first kappa shape index (κ1) is 15.0. The van der Waals surface area contributed by atoms with Crippen molar-refractivity contribution in [1.82, 2.24) is 9.55 Å². The molecule has 0 aliphatic rings. The summed E-state index contributed by atoms with van der Waals surface area (Å²) in [5.41, 5.74) is 3.40. The molecule has 0 unspecified atom stereocenters. The second kappa shape index (κ2) is 6.39. The molecule has 0 atom stereocenters. The lowest BCUT2D eigenvalue weighted by atomic mass is 10.1. The third-order valence-electron chi connectivity index (χ3n) is 3.47. The number of aromatic nitrogens is 2. The summed E-state index contributed by atoms with van der Waals surface area (Å²) in [5.74, 6) is 0.574. The Bertz CT molecular complexity index is 657. The molecule has 1 aromatic heterocycles. The number of imidazole rings is 1. The van der Waals surface area contributed by atoms with Crippen molar-refractivity contribution in [3.05, 3.63) is 65.3 Å². The van der Waals surface area contributed by atoms with Crippen molar-refractivity contribution in [2.45, 2.75) is 26.9 Å². The molecule has 0 N–H and O–H groups in total. The second-order valence-corrected chi connectivity index (χ2v) is 5.14. The molecule has 2 aromatic rings. The molecule has 4 heteroatoms. The second-order valence-electron chi connectivity index (χ2n) is 5.14. The van der Waals surface area contributed by atoms with E-state index in [-0.39, 0.29) is 12.6 Å². The largest absolute Gasteiger partial charge is 0.456 e. The van der Waals surface area contributed by atoms with E-state index in [9.17, 15) is 4.79 Å². The number of esters is 1. The third-order valence-corrected chi connectivity index (χ3v) is 3.47. The van der Waals surface area contributed by atoms with Gasteiger partial charge in [-0.25, -0.2) is 9.78 Å². The quantitative estimate of drug-likeness (QED) is 0.626. The van der Waals surface area contributed by atoms with Crippen molar-refractivity contribution < 1.29 is 9.53 Å². The van der Waals surface area contributed by atoms with E-state index >= 15 is 0 Å². The van der Waals surface area contributed by atoms with Crippen LogP contribution in [0.25, 0.3) is 0 Å². The summed E-state index contributed by atoms with van der Waals surface area (Å²) in [6, 6.07) is 10.2. The zero-order chi connectivity index (χ0) is 15.4. The fourth-order valence-electron chi connectivity index (χ4n) is 2.03. The molecule has 0 radical (unpaired) electrons. The van der Waals surface area contributed by atoms with Gasteiger partial charge in [-0.1, -0.05) is 36.9 Å². The predicted molar refractivity (Wildman–Crippen MR) is 81.8 cm³/mol. The van der Waals surface area contributed by atoms with Gasteiger partial charge in [-0.3, -0.25) is 0 Å². The summed E-state index contributed by atoms with van der Waals surface area (Å²) in [6.07, 6.45) is 0.757. The zero-order valence-electron chi connectivity index (χ0n) is 12.7. The van der Waals surface area contributed by atoms with Gasteiger partial charge in [0.15, 0.2) is 0 Å². The van der Waals surface area contributed by atoms with Crippen molar-refractivity contribution >= 4 is 5.97 Å². The molecule has 0 saturated heterocycles. The van der Waals surface area contributed by atoms with Crippen LogP contribution in [0.1, 0.15) is 29.7 Å². The smallest absolute Gasteiger partial charge is 0.333 e. The Balaban J connectivity index is 2.13. The monoisotopic (exact) mass is 284 g/mol. The molecular weight excluding hydrogens is 264 g/mol. The van der Waals surface area contributed by atoms with Gasteiger partial charge in [0.25, 0.3) is 0 Å². The molecule has 21 heavy (non-hydrogen) atoms. The highest BCUT2D eigenvalue weighted by atomic mass is 16.5. The summed E-state index contributed by atoms with van der Waals surface area (Å²) in [7, 11) is 1.98. The van der Waals surface area contributed by atoms with Crippen molar-refractivity contribution in [3.63, 3.8) is 0 Å². The third kappa shape index (κ3) is 3.60. The van der Waals surface area contributed by atoms with Gasteiger partial charge in [-0.15, -0.1) is 0 Å². The minimum Gasteiger partial charge on any atom is -0.456 e. The Hall–Kier alpha value is -2.36. The first-order valence-electron chi connectivity index (χ1n) is 6.86. The number of carbonyl (C=O) groups excluding carboxylic acids is 1. The minimum atomic E-state index is -0.385. The Morgan fingerprint density at radius 2 is 2.00 bits per heavy atom. The number of ether oxygens (including phenoxy) is 1. The summed E-state index contributed by atoms with van der Waals surface area (Å²) < 4.78 is 7.21. The Morgan fingerprint density at radius 3 is 2.62 bits per heavy atom. The van der Waals surface area contributed by atoms with Gasteiger partial charge in [-0.05, 0) is 19.4 Å². The van der Waals surface area contributed by atoms with Crippen LogP contribution < -0.4 is 0 Å². The molecule has 1 aromatic carbocycles. The standard InChI is InChI=1S/C17H20N2O2/c1-12(2)17(20)21-11-15-13(3)19(4)16(18-15)10-14-8-6-5-7-9-14/h5-9H,1,10-11H2,2-4H3. The number of benzene rings is 1. The highest BCUT2D eigenvalue weighted by molar-refractivity contribution is 5.86. The average Bonchev–Trinajstić information content (AvgIpc) is 2.74. The van der Waals surface area contributed by atoms with Gasteiger partial charge >= 0.3 is 5.97 Å². The fourth-order valence-corrected chi connectivity index (χ4v) is 2.03. The number of rotatable bonds is 5. The molecule has 0 bridgehead atoms. The van der Waals surface area contributed by atoms with Crippen LogP contribution in [0.3, 0.4) is 0 Å². The van der Waals surface area contributed by atoms with Gasteiger partial charge < -0.3 is 9.30 Å². The van der Waals surface area contributed by atoms with Crippen LogP contribution in [0.5, 0.6) is 0 Å². The van der Waals surface area contributed by atoms with Crippen LogP contribution in [0.2, 0.25) is 0 Å². The van der Waals surface area contributed by atoms with Gasteiger partial charge in [0.2, 0.25) is 0 Å². The molecule has 0 fully saturated rings. The number of carbonyl (C=O) groups is 1. The van der Waals surface area contributed by atoms with Crippen LogP contribution in [-0.2, 0) is 29.6 Å². The lowest BCUT2D eigenvalue weighted by Crippen LogP contribution is -2.06. The van der Waals surface area contributed by atoms with Crippen molar-refractivity contribution in [3.8, 4) is 0 Å². The van der Waals surface area contributed by atoms with E-state index in [1.807, 2.05) is 36.7 Å². The van der Waals surface area contributed by atoms with Gasteiger partial charge in [0.1, 0.15) is 12.4 Å². The van der Waals surface area contributed by atoms with Gasteiger partial charge in [0.05, 0.1) is 5.69 Å². The first-order valence-corrected chi connectivity index (χ1v) is 6.86. The van der Waals surface area contributed by atoms with Gasteiger partial charge in [0, 0.05) is 24.7 Å². The van der Waals surface area contributed by atoms with Crippen LogP contribution in [0.15, 0.2) is 42.5 Å². The predicted octanol–water partition coefficient (Wildman–Crippen LogP) is 2.94. The molecule has 2 rings (SSSR count). The molecule has 0 aliphatic carbocycles. The molecule has 0 aliphatic heterocycles. The maximum atomic E-state index is 11.5. The Morgan fingerprint density at radius 1 is 1.33 bits per heavy atom. The molecule has 0 saturated carbocycles. The average molecular weight is 284 g/mol. The van der Waals surface area contributed by atoms with Crippen molar-refractivity contribution in [2.75, 3.05) is 0 Å². The zero-order valence-corrected chi connectivity index (χ0v) is 12.7. The molecule has 1 heterocycles. The van der Waals surface area contributed by atoms with E-state index in [0.717, 1.165) is 23.6 Å². The van der Waals surface area contributed by atoms with E-state index in [0.29, 0.717) is 5.57 Å².